The molecule has 0 aliphatic rings. The van der Waals surface area contributed by atoms with Gasteiger partial charge in [0.05, 0.1) is 0 Å². The van der Waals surface area contributed by atoms with Crippen LogP contribution in [0.25, 0.3) is 0 Å². The van der Waals surface area contributed by atoms with Crippen LogP contribution in [0.3, 0.4) is 0 Å². The van der Waals surface area contributed by atoms with Crippen molar-refractivity contribution in [1.82, 2.24) is 0 Å². The van der Waals surface area contributed by atoms with Crippen molar-refractivity contribution < 1.29 is 14.6 Å². The van der Waals surface area contributed by atoms with E-state index in [2.05, 4.69) is 31.6 Å². The molecule has 0 aromatic carbocycles. The number of carboxylic acid groups (broad SMARTS) is 1. The fraction of sp³-hybridized carbons (Fsp3) is 0.643. The Morgan fingerprint density at radius 1 is 1.35 bits per heavy atom. The maximum Gasteiger partial charge on any atom is 0.506 e. The van der Waals surface area contributed by atoms with Gasteiger partial charge in [0, 0.05) is 0 Å². The molecule has 3 heteroatoms. The summed E-state index contributed by atoms with van der Waals surface area (Å²) in [5.41, 5.74) is 1.36. The molecular weight excluding hydrogens is 216 g/mol. The second-order valence-electron chi connectivity index (χ2n) is 4.72. The van der Waals surface area contributed by atoms with Crippen molar-refractivity contribution in [3.8, 4) is 0 Å². The van der Waals surface area contributed by atoms with E-state index in [0.717, 1.165) is 19.3 Å². The molecule has 0 rings (SSSR count). The largest absolute Gasteiger partial charge is 0.506 e. The zero-order chi connectivity index (χ0) is 13.3. The van der Waals surface area contributed by atoms with Crippen molar-refractivity contribution in [2.24, 2.45) is 5.92 Å². The highest BCUT2D eigenvalue weighted by molar-refractivity contribution is 5.57. The van der Waals surface area contributed by atoms with Gasteiger partial charge in [0.25, 0.3) is 0 Å². The van der Waals surface area contributed by atoms with E-state index in [1.165, 1.54) is 5.57 Å². The molecule has 0 aliphatic heterocycles. The summed E-state index contributed by atoms with van der Waals surface area (Å²) in [5.74, 6) is 0.610. The lowest BCUT2D eigenvalue weighted by Gasteiger charge is -2.08. The second kappa shape index (κ2) is 8.85. The van der Waals surface area contributed by atoms with Crippen LogP contribution in [-0.2, 0) is 4.74 Å². The Labute approximate surface area is 104 Å². The predicted molar refractivity (Wildman–Crippen MR) is 70.2 cm³/mol. The molecular formula is C14H24O3. The van der Waals surface area contributed by atoms with Crippen LogP contribution >= 0.6 is 0 Å². The molecule has 17 heavy (non-hydrogen) atoms. The number of hydrogen-bond acceptors (Lipinski definition) is 2. The third-order valence-electron chi connectivity index (χ3n) is 2.44. The van der Waals surface area contributed by atoms with Gasteiger partial charge in [-0.05, 0) is 52.0 Å². The Balaban J connectivity index is 3.75. The summed E-state index contributed by atoms with van der Waals surface area (Å²) in [6.07, 6.45) is 7.69. The highest BCUT2D eigenvalue weighted by Gasteiger charge is 2.03. The Morgan fingerprint density at radius 3 is 2.53 bits per heavy atom. The normalized spacial score (nSPS) is 14.4. The highest BCUT2D eigenvalue weighted by atomic mass is 16.7. The van der Waals surface area contributed by atoms with Crippen molar-refractivity contribution in [2.45, 2.75) is 53.1 Å². The maximum atomic E-state index is 10.2. The van der Waals surface area contributed by atoms with Crippen molar-refractivity contribution in [3.05, 3.63) is 23.8 Å². The summed E-state index contributed by atoms with van der Waals surface area (Å²) in [4.78, 5) is 10.2. The number of ether oxygens (including phenoxy) is 1. The third-order valence-corrected chi connectivity index (χ3v) is 2.44. The Hall–Kier alpha value is -1.25. The highest BCUT2D eigenvalue weighted by Crippen LogP contribution is 2.12. The first-order chi connectivity index (χ1) is 7.91. The summed E-state index contributed by atoms with van der Waals surface area (Å²) >= 11 is 0. The van der Waals surface area contributed by atoms with Crippen LogP contribution in [0.2, 0.25) is 0 Å². The fourth-order valence-electron chi connectivity index (χ4n) is 1.48. The molecule has 0 saturated carbocycles. The molecule has 3 nitrogen and oxygen atoms in total. The van der Waals surface area contributed by atoms with Crippen molar-refractivity contribution in [2.75, 3.05) is 0 Å². The molecule has 0 radical (unpaired) electrons. The van der Waals surface area contributed by atoms with Crippen molar-refractivity contribution in [3.63, 3.8) is 0 Å². The number of carbonyl (C=O) groups is 1. The van der Waals surface area contributed by atoms with E-state index < -0.39 is 6.16 Å². The van der Waals surface area contributed by atoms with Crippen LogP contribution in [0.5, 0.6) is 0 Å². The minimum atomic E-state index is -1.22. The summed E-state index contributed by atoms with van der Waals surface area (Å²) in [5, 5.41) is 8.40. The van der Waals surface area contributed by atoms with Gasteiger partial charge >= 0.3 is 6.16 Å². The van der Waals surface area contributed by atoms with E-state index >= 15 is 0 Å². The number of hydrogen-bond donors (Lipinski definition) is 1. The smallest absolute Gasteiger partial charge is 0.450 e. The Kier molecular flexibility index (Phi) is 8.20. The van der Waals surface area contributed by atoms with Crippen LogP contribution in [0.1, 0.15) is 47.0 Å². The van der Waals surface area contributed by atoms with E-state index in [9.17, 15) is 4.79 Å². The van der Waals surface area contributed by atoms with E-state index in [1.807, 2.05) is 6.08 Å². The van der Waals surface area contributed by atoms with Crippen LogP contribution in [0.4, 0.5) is 4.79 Å². The van der Waals surface area contributed by atoms with Crippen molar-refractivity contribution in [1.29, 1.82) is 0 Å². The molecule has 0 amide bonds. The topological polar surface area (TPSA) is 46.5 Å². The van der Waals surface area contributed by atoms with E-state index in [0.29, 0.717) is 5.92 Å². The van der Waals surface area contributed by atoms with Crippen LogP contribution in [0, 0.1) is 5.92 Å². The molecule has 2 atom stereocenters. The van der Waals surface area contributed by atoms with Gasteiger partial charge in [-0.1, -0.05) is 24.6 Å². The minimum Gasteiger partial charge on any atom is -0.450 e. The molecule has 0 heterocycles. The first kappa shape index (κ1) is 15.8. The Morgan fingerprint density at radius 2 is 2.00 bits per heavy atom. The molecule has 0 fully saturated rings. The van der Waals surface area contributed by atoms with Gasteiger partial charge < -0.3 is 9.84 Å². The molecule has 0 aromatic heterocycles. The van der Waals surface area contributed by atoms with Gasteiger partial charge in [0.2, 0.25) is 0 Å². The predicted octanol–water partition coefficient (Wildman–Crippen LogP) is 4.40. The van der Waals surface area contributed by atoms with Gasteiger partial charge in [0.15, 0.2) is 0 Å². The van der Waals surface area contributed by atoms with Crippen LogP contribution < -0.4 is 0 Å². The summed E-state index contributed by atoms with van der Waals surface area (Å²) in [6, 6.07) is 0. The van der Waals surface area contributed by atoms with Crippen LogP contribution in [0.15, 0.2) is 23.8 Å². The number of rotatable bonds is 7. The molecule has 0 unspecified atom stereocenters. The lowest BCUT2D eigenvalue weighted by atomic mass is 10.0. The van der Waals surface area contributed by atoms with Gasteiger partial charge in [0.1, 0.15) is 6.10 Å². The summed E-state index contributed by atoms with van der Waals surface area (Å²) < 4.78 is 4.56. The van der Waals surface area contributed by atoms with Crippen molar-refractivity contribution >= 4 is 6.16 Å². The average molecular weight is 240 g/mol. The Bertz CT molecular complexity index is 275. The molecule has 0 spiro atoms. The van der Waals surface area contributed by atoms with E-state index in [-0.39, 0.29) is 6.10 Å². The lowest BCUT2D eigenvalue weighted by molar-refractivity contribution is 0.0751. The van der Waals surface area contributed by atoms with E-state index in [1.54, 1.807) is 13.0 Å². The third kappa shape index (κ3) is 11.0. The van der Waals surface area contributed by atoms with Gasteiger partial charge in [-0.25, -0.2) is 4.79 Å². The average Bonchev–Trinajstić information content (AvgIpc) is 2.15. The lowest BCUT2D eigenvalue weighted by Crippen LogP contribution is -2.09. The molecule has 1 N–H and O–H groups in total. The molecule has 98 valence electrons. The zero-order valence-corrected chi connectivity index (χ0v) is 11.3. The fourth-order valence-corrected chi connectivity index (χ4v) is 1.48. The monoisotopic (exact) mass is 240 g/mol. The minimum absolute atomic E-state index is 0.363. The van der Waals surface area contributed by atoms with Crippen LogP contribution in [-0.4, -0.2) is 17.4 Å². The molecule has 0 aliphatic carbocycles. The second-order valence-corrected chi connectivity index (χ2v) is 4.72. The first-order valence-electron chi connectivity index (χ1n) is 6.11. The maximum absolute atomic E-state index is 10.2. The molecule has 0 aromatic rings. The van der Waals surface area contributed by atoms with E-state index in [4.69, 9.17) is 5.11 Å². The number of allylic oxidation sites excluding steroid dienone is 3. The van der Waals surface area contributed by atoms with Gasteiger partial charge in [-0.3, -0.25) is 0 Å². The SMILES string of the molecule is CC(C)=CCC[C@@H](C)C/C=C/[C@@H](C)OC(=O)O. The standard InChI is InChI=1S/C14H24O3/c1-11(2)7-5-8-12(3)9-6-10-13(4)17-14(15)16/h6-7,10,12-13H,5,8-9H2,1-4H3,(H,15,16)/b10-6+/t12-,13-/m1/s1. The molecule has 0 bridgehead atoms. The first-order valence-corrected chi connectivity index (χ1v) is 6.11. The quantitative estimate of drug-likeness (QED) is 0.530. The summed E-state index contributed by atoms with van der Waals surface area (Å²) in [6.45, 7) is 8.13. The van der Waals surface area contributed by atoms with Gasteiger partial charge in [-0.2, -0.15) is 0 Å². The molecule has 0 saturated heterocycles. The van der Waals surface area contributed by atoms with Gasteiger partial charge in [-0.15, -0.1) is 0 Å². The summed E-state index contributed by atoms with van der Waals surface area (Å²) in [7, 11) is 0. The zero-order valence-electron chi connectivity index (χ0n) is 11.3.